The first-order valence-corrected chi connectivity index (χ1v) is 7.14. The molecule has 110 valence electrons. The summed E-state index contributed by atoms with van der Waals surface area (Å²) < 4.78 is 5.32. The summed E-state index contributed by atoms with van der Waals surface area (Å²) in [7, 11) is 1.68. The van der Waals surface area contributed by atoms with E-state index in [0.29, 0.717) is 0 Å². The van der Waals surface area contributed by atoms with Crippen molar-refractivity contribution in [3.63, 3.8) is 0 Å². The first kappa shape index (κ1) is 16.5. The largest absolute Gasteiger partial charge is 0.497 e. The molecule has 0 amide bonds. The second-order valence-corrected chi connectivity index (χ2v) is 6.10. The Balaban J connectivity index is 3.13. The predicted molar refractivity (Wildman–Crippen MR) is 84.2 cm³/mol. The maximum atomic E-state index is 11.0. The zero-order valence-corrected chi connectivity index (χ0v) is 13.3. The summed E-state index contributed by atoms with van der Waals surface area (Å²) in [6.45, 7) is 8.42. The Bertz CT molecular complexity index is 472. The van der Waals surface area contributed by atoms with Crippen LogP contribution in [0.4, 0.5) is 0 Å². The highest BCUT2D eigenvalue weighted by molar-refractivity contribution is 5.53. The van der Waals surface area contributed by atoms with Crippen LogP contribution in [0.5, 0.6) is 5.75 Å². The van der Waals surface area contributed by atoms with E-state index in [2.05, 4.69) is 39.0 Å². The lowest BCUT2D eigenvalue weighted by Gasteiger charge is -2.31. The van der Waals surface area contributed by atoms with Gasteiger partial charge < -0.3 is 9.53 Å². The zero-order chi connectivity index (χ0) is 15.2. The highest BCUT2D eigenvalue weighted by Gasteiger charge is 2.28. The Hall–Kier alpha value is -1.57. The minimum absolute atomic E-state index is 0.0495. The number of hydrogen-bond acceptors (Lipinski definition) is 2. The quantitative estimate of drug-likeness (QED) is 0.539. The van der Waals surface area contributed by atoms with E-state index in [4.69, 9.17) is 4.74 Å². The molecule has 0 N–H and O–H groups in total. The van der Waals surface area contributed by atoms with Crippen molar-refractivity contribution in [3.8, 4) is 5.75 Å². The molecular weight excluding hydrogens is 248 g/mol. The lowest BCUT2D eigenvalue weighted by atomic mass is 9.73. The third-order valence-corrected chi connectivity index (χ3v) is 3.73. The van der Waals surface area contributed by atoms with E-state index in [-0.39, 0.29) is 11.3 Å². The molecular formula is C18H26O2. The van der Waals surface area contributed by atoms with Gasteiger partial charge in [-0.25, -0.2) is 0 Å². The van der Waals surface area contributed by atoms with Crippen LogP contribution >= 0.6 is 0 Å². The number of benzene rings is 1. The summed E-state index contributed by atoms with van der Waals surface area (Å²) in [4.78, 5) is 11.0. The number of hydrogen-bond donors (Lipinski definition) is 0. The first-order chi connectivity index (χ1) is 9.41. The van der Waals surface area contributed by atoms with Crippen molar-refractivity contribution >= 4 is 6.29 Å². The second kappa shape index (κ2) is 7.28. The Kier molecular flexibility index (Phi) is 6.00. The molecule has 20 heavy (non-hydrogen) atoms. The van der Waals surface area contributed by atoms with Crippen LogP contribution in [0, 0.1) is 5.92 Å². The SMILES string of the molecule is COc1cccc(C(C)(CC=C(C)C)CC(C)C=O)c1. The average molecular weight is 274 g/mol. The Morgan fingerprint density at radius 2 is 2.10 bits per heavy atom. The topological polar surface area (TPSA) is 26.3 Å². The van der Waals surface area contributed by atoms with Crippen molar-refractivity contribution in [2.24, 2.45) is 5.92 Å². The Morgan fingerprint density at radius 1 is 1.40 bits per heavy atom. The van der Waals surface area contributed by atoms with Crippen LogP contribution in [0.1, 0.15) is 46.1 Å². The zero-order valence-electron chi connectivity index (χ0n) is 13.3. The van der Waals surface area contributed by atoms with Gasteiger partial charge in [-0.2, -0.15) is 0 Å². The minimum Gasteiger partial charge on any atom is -0.497 e. The van der Waals surface area contributed by atoms with Gasteiger partial charge in [0.05, 0.1) is 7.11 Å². The molecule has 2 nitrogen and oxygen atoms in total. The normalized spacial score (nSPS) is 15.1. The number of aldehydes is 1. The molecule has 0 spiro atoms. The van der Waals surface area contributed by atoms with Crippen LogP contribution < -0.4 is 4.74 Å². The van der Waals surface area contributed by atoms with Crippen molar-refractivity contribution in [1.82, 2.24) is 0 Å². The van der Waals surface area contributed by atoms with Gasteiger partial charge in [-0.15, -0.1) is 0 Å². The summed E-state index contributed by atoms with van der Waals surface area (Å²) in [5, 5.41) is 0. The Morgan fingerprint density at radius 3 is 2.65 bits per heavy atom. The van der Waals surface area contributed by atoms with Gasteiger partial charge in [0.15, 0.2) is 0 Å². The van der Waals surface area contributed by atoms with E-state index in [1.807, 2.05) is 19.1 Å². The fraction of sp³-hybridized carbons (Fsp3) is 0.500. The minimum atomic E-state index is -0.0495. The molecule has 0 aromatic heterocycles. The van der Waals surface area contributed by atoms with Crippen molar-refractivity contribution in [1.29, 1.82) is 0 Å². The van der Waals surface area contributed by atoms with Gasteiger partial charge in [0, 0.05) is 5.92 Å². The maximum Gasteiger partial charge on any atom is 0.122 e. The molecule has 2 atom stereocenters. The van der Waals surface area contributed by atoms with Crippen molar-refractivity contribution in [2.45, 2.75) is 46.0 Å². The van der Waals surface area contributed by atoms with E-state index < -0.39 is 0 Å². The molecule has 0 heterocycles. The first-order valence-electron chi connectivity index (χ1n) is 7.14. The van der Waals surface area contributed by atoms with Crippen LogP contribution in [0.15, 0.2) is 35.9 Å². The molecule has 1 rings (SSSR count). The van der Waals surface area contributed by atoms with Gasteiger partial charge in [0.2, 0.25) is 0 Å². The lowest BCUT2D eigenvalue weighted by Crippen LogP contribution is -2.25. The number of carbonyl (C=O) groups excluding carboxylic acids is 1. The van der Waals surface area contributed by atoms with Crippen LogP contribution in [0.3, 0.4) is 0 Å². The molecule has 0 bridgehead atoms. The molecule has 0 aliphatic carbocycles. The molecule has 0 aliphatic rings. The van der Waals surface area contributed by atoms with Crippen LogP contribution in [-0.4, -0.2) is 13.4 Å². The molecule has 1 aromatic carbocycles. The van der Waals surface area contributed by atoms with Gasteiger partial charge in [-0.3, -0.25) is 0 Å². The van der Waals surface area contributed by atoms with Crippen LogP contribution in [0.25, 0.3) is 0 Å². The van der Waals surface area contributed by atoms with E-state index in [1.54, 1.807) is 7.11 Å². The van der Waals surface area contributed by atoms with E-state index in [9.17, 15) is 4.79 Å². The van der Waals surface area contributed by atoms with Gasteiger partial charge in [-0.05, 0) is 49.8 Å². The maximum absolute atomic E-state index is 11.0. The number of methoxy groups -OCH3 is 1. The van der Waals surface area contributed by atoms with E-state index >= 15 is 0 Å². The van der Waals surface area contributed by atoms with E-state index in [1.165, 1.54) is 11.1 Å². The molecule has 2 heteroatoms. The monoisotopic (exact) mass is 274 g/mol. The number of rotatable bonds is 7. The molecule has 2 unspecified atom stereocenters. The standard InChI is InChI=1S/C18H26O2/c1-14(2)9-10-18(4,12-15(3)13-19)16-7-6-8-17(11-16)20-5/h6-9,11,13,15H,10,12H2,1-5H3. The highest BCUT2D eigenvalue weighted by Crippen LogP contribution is 2.36. The summed E-state index contributed by atoms with van der Waals surface area (Å²) in [6, 6.07) is 8.17. The van der Waals surface area contributed by atoms with Crippen molar-refractivity contribution in [3.05, 3.63) is 41.5 Å². The fourth-order valence-corrected chi connectivity index (χ4v) is 2.51. The summed E-state index contributed by atoms with van der Waals surface area (Å²) in [5.74, 6) is 0.918. The molecule has 0 aliphatic heterocycles. The number of carbonyl (C=O) groups is 1. The fourth-order valence-electron chi connectivity index (χ4n) is 2.51. The molecule has 0 saturated carbocycles. The van der Waals surface area contributed by atoms with Gasteiger partial charge in [-0.1, -0.05) is 37.6 Å². The van der Waals surface area contributed by atoms with Crippen molar-refractivity contribution in [2.75, 3.05) is 7.11 Å². The third-order valence-electron chi connectivity index (χ3n) is 3.73. The number of allylic oxidation sites excluding steroid dienone is 2. The summed E-state index contributed by atoms with van der Waals surface area (Å²) in [5.41, 5.74) is 2.48. The molecule has 0 saturated heterocycles. The molecule has 0 radical (unpaired) electrons. The van der Waals surface area contributed by atoms with Gasteiger partial charge in [0.25, 0.3) is 0 Å². The van der Waals surface area contributed by atoms with Crippen LogP contribution in [0.2, 0.25) is 0 Å². The highest BCUT2D eigenvalue weighted by atomic mass is 16.5. The van der Waals surface area contributed by atoms with Gasteiger partial charge >= 0.3 is 0 Å². The van der Waals surface area contributed by atoms with Crippen molar-refractivity contribution < 1.29 is 9.53 Å². The van der Waals surface area contributed by atoms with E-state index in [0.717, 1.165) is 24.9 Å². The summed E-state index contributed by atoms with van der Waals surface area (Å²) >= 11 is 0. The lowest BCUT2D eigenvalue weighted by molar-refractivity contribution is -0.111. The van der Waals surface area contributed by atoms with Gasteiger partial charge in [0.1, 0.15) is 12.0 Å². The predicted octanol–water partition coefficient (Wildman–Crippen LogP) is 4.53. The molecule has 0 fully saturated rings. The average Bonchev–Trinajstić information content (AvgIpc) is 2.45. The summed E-state index contributed by atoms with van der Waals surface area (Å²) in [6.07, 6.45) is 5.06. The smallest absolute Gasteiger partial charge is 0.122 e. The van der Waals surface area contributed by atoms with Crippen LogP contribution in [-0.2, 0) is 10.2 Å². The second-order valence-electron chi connectivity index (χ2n) is 6.10. The number of ether oxygens (including phenoxy) is 1. The third kappa shape index (κ3) is 4.52. The molecule has 1 aromatic rings. The Labute approximate surface area is 122 Å².